The van der Waals surface area contributed by atoms with Crippen molar-refractivity contribution in [2.24, 2.45) is 5.73 Å². The molecule has 0 fully saturated rings. The van der Waals surface area contributed by atoms with E-state index in [-0.39, 0.29) is 15.8 Å². The molecule has 0 aromatic heterocycles. The second-order valence-electron chi connectivity index (χ2n) is 3.11. The molecule has 0 heterocycles. The molecule has 0 aliphatic carbocycles. The van der Waals surface area contributed by atoms with Crippen molar-refractivity contribution in [1.29, 1.82) is 0 Å². The van der Waals surface area contributed by atoms with Crippen molar-refractivity contribution in [3.05, 3.63) is 28.0 Å². The van der Waals surface area contributed by atoms with Gasteiger partial charge in [0.2, 0.25) is 0 Å². The smallest absolute Gasteiger partial charge is 0.146 e. The summed E-state index contributed by atoms with van der Waals surface area (Å²) in [7, 11) is 0. The van der Waals surface area contributed by atoms with E-state index in [1.807, 2.05) is 0 Å². The fraction of sp³-hybridized carbons (Fsp3) is 0.333. The molecule has 2 atom stereocenters. The minimum absolute atomic E-state index is 0.0605. The molecule has 5 heteroatoms. The fourth-order valence-corrected chi connectivity index (χ4v) is 1.43. The number of benzene rings is 1. The number of aliphatic hydroxyl groups is 1. The van der Waals surface area contributed by atoms with E-state index in [9.17, 15) is 9.50 Å². The van der Waals surface area contributed by atoms with Gasteiger partial charge in [0.05, 0.1) is 10.6 Å². The van der Waals surface area contributed by atoms with E-state index >= 15 is 0 Å². The van der Waals surface area contributed by atoms with Crippen molar-refractivity contribution in [3.63, 3.8) is 0 Å². The molecule has 2 unspecified atom stereocenters. The molecule has 4 N–H and O–H groups in total. The van der Waals surface area contributed by atoms with Crippen LogP contribution in [0.1, 0.15) is 18.6 Å². The summed E-state index contributed by atoms with van der Waals surface area (Å²) in [6, 6.07) is 2.04. The summed E-state index contributed by atoms with van der Waals surface area (Å²) >= 11 is 2.87. The number of aliphatic hydroxyl groups excluding tert-OH is 1. The molecule has 0 amide bonds. The highest BCUT2D eigenvalue weighted by atomic mass is 79.9. The zero-order valence-corrected chi connectivity index (χ0v) is 9.12. The number of phenolic OH excluding ortho intramolecular Hbond substituents is 1. The number of aromatic hydroxyl groups is 1. The van der Waals surface area contributed by atoms with Gasteiger partial charge in [-0.2, -0.15) is 0 Å². The van der Waals surface area contributed by atoms with Gasteiger partial charge in [0.1, 0.15) is 11.6 Å². The summed E-state index contributed by atoms with van der Waals surface area (Å²) in [5, 5.41) is 18.7. The lowest BCUT2D eigenvalue weighted by Crippen LogP contribution is -2.25. The van der Waals surface area contributed by atoms with Crippen LogP contribution in [0, 0.1) is 5.82 Å². The number of hydrogen-bond acceptors (Lipinski definition) is 3. The monoisotopic (exact) mass is 263 g/mol. The number of halogens is 2. The van der Waals surface area contributed by atoms with Gasteiger partial charge in [0.25, 0.3) is 0 Å². The first-order valence-corrected chi connectivity index (χ1v) is 4.85. The van der Waals surface area contributed by atoms with E-state index in [1.54, 1.807) is 6.92 Å². The van der Waals surface area contributed by atoms with E-state index in [0.29, 0.717) is 0 Å². The Kier molecular flexibility index (Phi) is 3.47. The van der Waals surface area contributed by atoms with Crippen molar-refractivity contribution in [2.45, 2.75) is 19.1 Å². The van der Waals surface area contributed by atoms with Crippen molar-refractivity contribution >= 4 is 15.9 Å². The van der Waals surface area contributed by atoms with Gasteiger partial charge in [-0.3, -0.25) is 0 Å². The summed E-state index contributed by atoms with van der Waals surface area (Å²) in [4.78, 5) is 0. The van der Waals surface area contributed by atoms with Gasteiger partial charge in [-0.15, -0.1) is 0 Å². The summed E-state index contributed by atoms with van der Waals surface area (Å²) in [6.45, 7) is 1.57. The molecule has 1 aromatic carbocycles. The van der Waals surface area contributed by atoms with Gasteiger partial charge in [-0.25, -0.2) is 4.39 Å². The summed E-state index contributed by atoms with van der Waals surface area (Å²) in [6.07, 6.45) is -1.08. The maximum atomic E-state index is 13.5. The molecule has 0 bridgehead atoms. The van der Waals surface area contributed by atoms with Crippen LogP contribution in [-0.2, 0) is 0 Å². The molecule has 0 aliphatic rings. The number of rotatable bonds is 2. The first kappa shape index (κ1) is 11.4. The van der Waals surface area contributed by atoms with Crippen LogP contribution in [0.15, 0.2) is 16.6 Å². The number of phenols is 1. The summed E-state index contributed by atoms with van der Waals surface area (Å²) < 4.78 is 13.4. The Bertz CT molecular complexity index is 344. The molecule has 1 rings (SSSR count). The highest BCUT2D eigenvalue weighted by Gasteiger charge is 2.19. The zero-order valence-electron chi connectivity index (χ0n) is 7.54. The molecule has 3 nitrogen and oxygen atoms in total. The van der Waals surface area contributed by atoms with Crippen LogP contribution in [0.5, 0.6) is 5.75 Å². The standard InChI is InChI=1S/C9H11BrFNO2/c1-4(12)9(14)5-2-3-6(13)7(10)8(5)11/h2-4,9,13-14H,12H2,1H3. The third-order valence-electron chi connectivity index (χ3n) is 1.91. The van der Waals surface area contributed by atoms with E-state index in [4.69, 9.17) is 10.8 Å². The lowest BCUT2D eigenvalue weighted by molar-refractivity contribution is 0.148. The fourth-order valence-electron chi connectivity index (χ4n) is 1.07. The lowest BCUT2D eigenvalue weighted by Gasteiger charge is -2.16. The molecule has 0 saturated carbocycles. The van der Waals surface area contributed by atoms with Crippen LogP contribution in [0.4, 0.5) is 4.39 Å². The quantitative estimate of drug-likeness (QED) is 0.761. The molecule has 1 aromatic rings. The van der Waals surface area contributed by atoms with Gasteiger partial charge >= 0.3 is 0 Å². The SMILES string of the molecule is CC(N)C(O)c1ccc(O)c(Br)c1F. The van der Waals surface area contributed by atoms with E-state index in [2.05, 4.69) is 15.9 Å². The van der Waals surface area contributed by atoms with E-state index in [1.165, 1.54) is 12.1 Å². The van der Waals surface area contributed by atoms with Gasteiger partial charge in [-0.1, -0.05) is 0 Å². The van der Waals surface area contributed by atoms with Crippen LogP contribution in [0.2, 0.25) is 0 Å². The highest BCUT2D eigenvalue weighted by Crippen LogP contribution is 2.31. The first-order chi connectivity index (χ1) is 6.45. The van der Waals surface area contributed by atoms with Crippen molar-refractivity contribution < 1.29 is 14.6 Å². The Labute approximate surface area is 89.5 Å². The van der Waals surface area contributed by atoms with Gasteiger partial charge < -0.3 is 15.9 Å². The van der Waals surface area contributed by atoms with Crippen LogP contribution in [-0.4, -0.2) is 16.3 Å². The largest absolute Gasteiger partial charge is 0.507 e. The highest BCUT2D eigenvalue weighted by molar-refractivity contribution is 9.10. The zero-order chi connectivity index (χ0) is 10.9. The van der Waals surface area contributed by atoms with Crippen molar-refractivity contribution in [1.82, 2.24) is 0 Å². The topological polar surface area (TPSA) is 66.5 Å². The van der Waals surface area contributed by atoms with Crippen LogP contribution >= 0.6 is 15.9 Å². The first-order valence-electron chi connectivity index (χ1n) is 4.05. The van der Waals surface area contributed by atoms with Crippen molar-refractivity contribution in [2.75, 3.05) is 0 Å². The Balaban J connectivity index is 3.17. The minimum atomic E-state index is -1.08. The maximum absolute atomic E-state index is 13.5. The molecule has 0 saturated heterocycles. The molecule has 78 valence electrons. The maximum Gasteiger partial charge on any atom is 0.146 e. The predicted octanol–water partition coefficient (Wildman–Crippen LogP) is 1.67. The van der Waals surface area contributed by atoms with Crippen LogP contribution in [0.3, 0.4) is 0 Å². The third-order valence-corrected chi connectivity index (χ3v) is 2.66. The summed E-state index contributed by atoms with van der Waals surface area (Å²) in [5.74, 6) is -0.891. The van der Waals surface area contributed by atoms with Crippen LogP contribution < -0.4 is 5.73 Å². The Hall–Kier alpha value is -0.650. The second kappa shape index (κ2) is 4.25. The van der Waals surface area contributed by atoms with Gasteiger partial charge in [0, 0.05) is 11.6 Å². The lowest BCUT2D eigenvalue weighted by atomic mass is 10.0. The van der Waals surface area contributed by atoms with E-state index in [0.717, 1.165) is 0 Å². The average Bonchev–Trinajstić information content (AvgIpc) is 2.13. The minimum Gasteiger partial charge on any atom is -0.507 e. The normalized spacial score (nSPS) is 15.2. The average molecular weight is 264 g/mol. The van der Waals surface area contributed by atoms with Gasteiger partial charge in [-0.05, 0) is 35.0 Å². The predicted molar refractivity (Wildman–Crippen MR) is 54.4 cm³/mol. The number of nitrogens with two attached hydrogens (primary N) is 1. The van der Waals surface area contributed by atoms with Gasteiger partial charge in [0.15, 0.2) is 0 Å². The number of hydrogen-bond donors (Lipinski definition) is 3. The van der Waals surface area contributed by atoms with Crippen LogP contribution in [0.25, 0.3) is 0 Å². The molecular formula is C9H11BrFNO2. The molecular weight excluding hydrogens is 253 g/mol. The molecule has 14 heavy (non-hydrogen) atoms. The third kappa shape index (κ3) is 2.05. The second-order valence-corrected chi connectivity index (χ2v) is 3.90. The van der Waals surface area contributed by atoms with E-state index < -0.39 is 18.0 Å². The Morgan fingerprint density at radius 2 is 2.07 bits per heavy atom. The summed E-state index contributed by atoms with van der Waals surface area (Å²) in [5.41, 5.74) is 5.50. The van der Waals surface area contributed by atoms with Crippen molar-refractivity contribution in [3.8, 4) is 5.75 Å². The Morgan fingerprint density at radius 1 is 1.50 bits per heavy atom. The molecule has 0 radical (unpaired) electrons. The molecule has 0 spiro atoms. The Morgan fingerprint density at radius 3 is 2.57 bits per heavy atom. The molecule has 0 aliphatic heterocycles.